The number of benzene rings is 1. The van der Waals surface area contributed by atoms with Crippen LogP contribution in [0.5, 0.6) is 5.75 Å². The number of nitrogens with two attached hydrogens (primary N) is 1. The molecule has 1 aliphatic carbocycles. The van der Waals surface area contributed by atoms with Gasteiger partial charge >= 0.3 is 0 Å². The summed E-state index contributed by atoms with van der Waals surface area (Å²) in [6.45, 7) is 2.11. The van der Waals surface area contributed by atoms with Crippen LogP contribution in [0.4, 0.5) is 0 Å². The van der Waals surface area contributed by atoms with Gasteiger partial charge in [-0.15, -0.1) is 0 Å². The van der Waals surface area contributed by atoms with E-state index in [1.165, 1.54) is 17.5 Å². The van der Waals surface area contributed by atoms with E-state index < -0.39 is 0 Å². The maximum atomic E-state index is 6.29. The van der Waals surface area contributed by atoms with Crippen molar-refractivity contribution in [3.63, 3.8) is 0 Å². The second-order valence-corrected chi connectivity index (χ2v) is 4.19. The van der Waals surface area contributed by atoms with E-state index in [2.05, 4.69) is 19.1 Å². The van der Waals surface area contributed by atoms with Crippen LogP contribution < -0.4 is 10.5 Å². The third-order valence-electron chi connectivity index (χ3n) is 3.23. The Labute approximate surface area is 85.1 Å². The van der Waals surface area contributed by atoms with Gasteiger partial charge < -0.3 is 10.5 Å². The van der Waals surface area contributed by atoms with Gasteiger partial charge in [-0.05, 0) is 49.4 Å². The molecule has 1 aromatic carbocycles. The average molecular weight is 191 g/mol. The predicted octanol–water partition coefficient (Wildman–Crippen LogP) is 2.34. The van der Waals surface area contributed by atoms with Gasteiger partial charge in [-0.1, -0.05) is 6.07 Å². The number of rotatable bonds is 2. The highest BCUT2D eigenvalue weighted by atomic mass is 16.5. The van der Waals surface area contributed by atoms with Crippen molar-refractivity contribution in [1.29, 1.82) is 0 Å². The Morgan fingerprint density at radius 1 is 1.36 bits per heavy atom. The van der Waals surface area contributed by atoms with Crippen molar-refractivity contribution in [2.24, 2.45) is 5.73 Å². The van der Waals surface area contributed by atoms with Crippen LogP contribution in [0.2, 0.25) is 0 Å². The van der Waals surface area contributed by atoms with Gasteiger partial charge in [0.25, 0.3) is 0 Å². The minimum absolute atomic E-state index is 0.0847. The fourth-order valence-electron chi connectivity index (χ4n) is 2.09. The first kappa shape index (κ1) is 9.53. The molecule has 14 heavy (non-hydrogen) atoms. The molecule has 0 heterocycles. The van der Waals surface area contributed by atoms with Gasteiger partial charge in [-0.3, -0.25) is 0 Å². The highest BCUT2D eigenvalue weighted by Gasteiger charge is 2.35. The number of hydrogen-bond donors (Lipinski definition) is 1. The Bertz CT molecular complexity index is 342. The summed E-state index contributed by atoms with van der Waals surface area (Å²) in [4.78, 5) is 0. The minimum atomic E-state index is -0.0847. The first-order chi connectivity index (χ1) is 6.65. The summed E-state index contributed by atoms with van der Waals surface area (Å²) in [5.41, 5.74) is 8.73. The summed E-state index contributed by atoms with van der Waals surface area (Å²) >= 11 is 0. The van der Waals surface area contributed by atoms with Crippen LogP contribution in [0.1, 0.15) is 30.4 Å². The third-order valence-corrected chi connectivity index (χ3v) is 3.23. The average Bonchev–Trinajstić information content (AvgIpc) is 2.15. The van der Waals surface area contributed by atoms with E-state index in [0.717, 1.165) is 18.6 Å². The molecule has 2 heteroatoms. The Morgan fingerprint density at radius 2 is 2.07 bits per heavy atom. The van der Waals surface area contributed by atoms with Crippen LogP contribution in [0, 0.1) is 6.92 Å². The number of hydrogen-bond acceptors (Lipinski definition) is 2. The molecule has 0 bridgehead atoms. The monoisotopic (exact) mass is 191 g/mol. The first-order valence-electron chi connectivity index (χ1n) is 5.10. The van der Waals surface area contributed by atoms with E-state index >= 15 is 0 Å². The maximum absolute atomic E-state index is 6.29. The van der Waals surface area contributed by atoms with E-state index in [4.69, 9.17) is 10.5 Å². The number of ether oxygens (including phenoxy) is 1. The lowest BCUT2D eigenvalue weighted by molar-refractivity contribution is 0.251. The van der Waals surface area contributed by atoms with Crippen molar-refractivity contribution in [3.05, 3.63) is 29.3 Å². The van der Waals surface area contributed by atoms with Gasteiger partial charge in [0, 0.05) is 5.54 Å². The van der Waals surface area contributed by atoms with Crippen LogP contribution in [-0.2, 0) is 5.54 Å². The Morgan fingerprint density at radius 3 is 2.57 bits per heavy atom. The van der Waals surface area contributed by atoms with Crippen molar-refractivity contribution in [1.82, 2.24) is 0 Å². The molecule has 2 N–H and O–H groups in total. The van der Waals surface area contributed by atoms with Gasteiger partial charge in [0.05, 0.1) is 7.11 Å². The molecule has 0 aliphatic heterocycles. The first-order valence-corrected chi connectivity index (χ1v) is 5.10. The van der Waals surface area contributed by atoms with Crippen LogP contribution >= 0.6 is 0 Å². The Hall–Kier alpha value is -1.02. The molecule has 0 aromatic heterocycles. The van der Waals surface area contributed by atoms with Crippen molar-refractivity contribution >= 4 is 0 Å². The van der Waals surface area contributed by atoms with Crippen molar-refractivity contribution in [2.45, 2.75) is 31.7 Å². The van der Waals surface area contributed by atoms with Crippen LogP contribution in [0.25, 0.3) is 0 Å². The molecule has 2 nitrogen and oxygen atoms in total. The second kappa shape index (κ2) is 3.28. The normalized spacial score (nSPS) is 18.8. The van der Waals surface area contributed by atoms with Gasteiger partial charge in [0.2, 0.25) is 0 Å². The summed E-state index contributed by atoms with van der Waals surface area (Å²) in [5, 5.41) is 0. The molecule has 1 aromatic rings. The van der Waals surface area contributed by atoms with E-state index in [9.17, 15) is 0 Å². The molecule has 1 fully saturated rings. The molecule has 0 atom stereocenters. The zero-order chi connectivity index (χ0) is 10.2. The van der Waals surface area contributed by atoms with Crippen molar-refractivity contribution in [2.75, 3.05) is 7.11 Å². The molecule has 0 saturated heterocycles. The summed E-state index contributed by atoms with van der Waals surface area (Å²) in [6, 6.07) is 6.15. The van der Waals surface area contributed by atoms with Gasteiger partial charge in [-0.2, -0.15) is 0 Å². The summed E-state index contributed by atoms with van der Waals surface area (Å²) in [6.07, 6.45) is 3.44. The molecule has 1 aliphatic rings. The molecule has 2 rings (SSSR count). The third kappa shape index (κ3) is 1.40. The smallest absolute Gasteiger partial charge is 0.119 e. The molecule has 0 amide bonds. The predicted molar refractivity (Wildman–Crippen MR) is 57.4 cm³/mol. The largest absolute Gasteiger partial charge is 0.497 e. The Kier molecular flexibility index (Phi) is 2.23. The molecular weight excluding hydrogens is 174 g/mol. The lowest BCUT2D eigenvalue weighted by Crippen LogP contribution is -2.43. The van der Waals surface area contributed by atoms with Crippen molar-refractivity contribution in [3.8, 4) is 5.75 Å². The van der Waals surface area contributed by atoms with Gasteiger partial charge in [0.1, 0.15) is 5.75 Å². The topological polar surface area (TPSA) is 35.2 Å². The molecular formula is C12H17NO. The van der Waals surface area contributed by atoms with Crippen LogP contribution in [-0.4, -0.2) is 7.11 Å². The van der Waals surface area contributed by atoms with Gasteiger partial charge in [-0.25, -0.2) is 0 Å². The van der Waals surface area contributed by atoms with Gasteiger partial charge in [0.15, 0.2) is 0 Å². The zero-order valence-corrected chi connectivity index (χ0v) is 8.84. The summed E-state index contributed by atoms with van der Waals surface area (Å²) in [7, 11) is 1.69. The number of methoxy groups -OCH3 is 1. The Balaban J connectivity index is 2.40. The minimum Gasteiger partial charge on any atom is -0.497 e. The SMILES string of the molecule is COc1ccc(C)c(C2(N)CCC2)c1. The van der Waals surface area contributed by atoms with Crippen LogP contribution in [0.15, 0.2) is 18.2 Å². The van der Waals surface area contributed by atoms with E-state index in [0.29, 0.717) is 0 Å². The highest BCUT2D eigenvalue weighted by molar-refractivity contribution is 5.40. The molecule has 1 saturated carbocycles. The maximum Gasteiger partial charge on any atom is 0.119 e. The molecule has 76 valence electrons. The molecule has 0 unspecified atom stereocenters. The number of aryl methyl sites for hydroxylation is 1. The standard InChI is InChI=1S/C12H17NO/c1-9-4-5-10(14-2)8-11(9)12(13)6-3-7-12/h4-5,8H,3,6-7,13H2,1-2H3. The lowest BCUT2D eigenvalue weighted by Gasteiger charge is -2.39. The summed E-state index contributed by atoms with van der Waals surface area (Å²) in [5.74, 6) is 0.905. The molecule has 0 radical (unpaired) electrons. The quantitative estimate of drug-likeness (QED) is 0.778. The molecule has 0 spiro atoms. The second-order valence-electron chi connectivity index (χ2n) is 4.19. The lowest BCUT2D eigenvalue weighted by atomic mass is 9.71. The van der Waals surface area contributed by atoms with Crippen LogP contribution in [0.3, 0.4) is 0 Å². The fraction of sp³-hybridized carbons (Fsp3) is 0.500. The summed E-state index contributed by atoms with van der Waals surface area (Å²) < 4.78 is 5.22. The van der Waals surface area contributed by atoms with E-state index in [1.54, 1.807) is 7.11 Å². The highest BCUT2D eigenvalue weighted by Crippen LogP contribution is 2.41. The van der Waals surface area contributed by atoms with E-state index in [-0.39, 0.29) is 5.54 Å². The fourth-order valence-corrected chi connectivity index (χ4v) is 2.09. The van der Waals surface area contributed by atoms with Crippen molar-refractivity contribution < 1.29 is 4.74 Å². The zero-order valence-electron chi connectivity index (χ0n) is 8.84. The van der Waals surface area contributed by atoms with E-state index in [1.807, 2.05) is 6.07 Å².